The van der Waals surface area contributed by atoms with Crippen LogP contribution in [0.5, 0.6) is 0 Å². The summed E-state index contributed by atoms with van der Waals surface area (Å²) in [4.78, 5) is 0. The van der Waals surface area contributed by atoms with Crippen molar-refractivity contribution in [2.24, 2.45) is 5.73 Å². The van der Waals surface area contributed by atoms with Crippen LogP contribution in [0, 0.1) is 0 Å². The van der Waals surface area contributed by atoms with E-state index >= 15 is 0 Å². The quantitative estimate of drug-likeness (QED) is 0.524. The summed E-state index contributed by atoms with van der Waals surface area (Å²) in [6.07, 6.45) is 1.75. The molecule has 0 heterocycles. The highest BCUT2D eigenvalue weighted by atomic mass is 16.5. The van der Waals surface area contributed by atoms with Crippen molar-refractivity contribution in [3.05, 3.63) is 0 Å². The van der Waals surface area contributed by atoms with Gasteiger partial charge >= 0.3 is 0 Å². The molecule has 0 aliphatic heterocycles. The Morgan fingerprint density at radius 2 is 2.21 bits per heavy atom. The summed E-state index contributed by atoms with van der Waals surface area (Å²) in [5.74, 6) is 0. The number of nitrogens with two attached hydrogens (primary N) is 1. The van der Waals surface area contributed by atoms with Gasteiger partial charge in [-0.05, 0) is 19.8 Å². The number of hydrogen-bond donors (Lipinski definition) is 3. The number of nitrogens with one attached hydrogen (secondary N) is 1. The van der Waals surface area contributed by atoms with Gasteiger partial charge in [-0.2, -0.15) is 0 Å². The van der Waals surface area contributed by atoms with Crippen LogP contribution < -0.4 is 11.1 Å². The van der Waals surface area contributed by atoms with E-state index in [9.17, 15) is 0 Å². The third kappa shape index (κ3) is 4.91. The number of aliphatic hydroxyl groups is 1. The number of hydrogen-bond acceptors (Lipinski definition) is 4. The van der Waals surface area contributed by atoms with E-state index in [0.29, 0.717) is 19.2 Å². The molecule has 86 valence electrons. The Bertz CT molecular complexity index is 144. The molecule has 0 saturated carbocycles. The average molecular weight is 204 g/mol. The minimum atomic E-state index is -0.190. The fourth-order valence-corrected chi connectivity index (χ4v) is 1.51. The summed E-state index contributed by atoms with van der Waals surface area (Å²) in [6.45, 7) is 5.46. The maximum absolute atomic E-state index is 8.86. The van der Waals surface area contributed by atoms with Crippen molar-refractivity contribution in [2.45, 2.75) is 38.3 Å². The van der Waals surface area contributed by atoms with Gasteiger partial charge in [-0.25, -0.2) is 0 Å². The van der Waals surface area contributed by atoms with Crippen molar-refractivity contribution in [1.29, 1.82) is 0 Å². The number of ether oxygens (including phenoxy) is 1. The van der Waals surface area contributed by atoms with Crippen molar-refractivity contribution in [3.63, 3.8) is 0 Å². The summed E-state index contributed by atoms with van der Waals surface area (Å²) in [5, 5.41) is 12.3. The molecule has 2 atom stereocenters. The number of aliphatic hydroxyl groups excluding tert-OH is 1. The minimum Gasteiger partial charge on any atom is -0.396 e. The third-order valence-electron chi connectivity index (χ3n) is 2.44. The predicted molar refractivity (Wildman–Crippen MR) is 58.3 cm³/mol. The average Bonchev–Trinajstić information content (AvgIpc) is 2.17. The third-order valence-corrected chi connectivity index (χ3v) is 2.44. The predicted octanol–water partition coefficient (Wildman–Crippen LogP) is 0.101. The Morgan fingerprint density at radius 1 is 1.57 bits per heavy atom. The normalized spacial score (nSPS) is 17.8. The Kier molecular flexibility index (Phi) is 7.09. The van der Waals surface area contributed by atoms with E-state index in [0.717, 1.165) is 12.8 Å². The lowest BCUT2D eigenvalue weighted by molar-refractivity contribution is 0.109. The molecule has 0 spiro atoms. The zero-order valence-corrected chi connectivity index (χ0v) is 9.55. The summed E-state index contributed by atoms with van der Waals surface area (Å²) >= 11 is 0. The zero-order chi connectivity index (χ0) is 11.0. The molecule has 0 saturated heterocycles. The highest BCUT2D eigenvalue weighted by Gasteiger charge is 2.24. The monoisotopic (exact) mass is 204 g/mol. The maximum Gasteiger partial charge on any atom is 0.0654 e. The van der Waals surface area contributed by atoms with E-state index < -0.39 is 0 Å². The standard InChI is InChI=1S/C10H24N2O2/c1-4-9(5-6-13)12-10(2,7-11)8-14-3/h9,12-13H,4-8,11H2,1-3H3. The maximum atomic E-state index is 8.86. The van der Waals surface area contributed by atoms with Crippen molar-refractivity contribution in [2.75, 3.05) is 26.9 Å². The lowest BCUT2D eigenvalue weighted by Gasteiger charge is -2.33. The molecule has 14 heavy (non-hydrogen) atoms. The SMILES string of the molecule is CCC(CCO)NC(C)(CN)COC. The molecule has 0 radical (unpaired) electrons. The van der Waals surface area contributed by atoms with E-state index in [2.05, 4.69) is 12.2 Å². The van der Waals surface area contributed by atoms with Gasteiger partial charge in [-0.3, -0.25) is 0 Å². The van der Waals surface area contributed by atoms with Crippen LogP contribution in [0.15, 0.2) is 0 Å². The van der Waals surface area contributed by atoms with E-state index in [4.69, 9.17) is 15.6 Å². The Morgan fingerprint density at radius 3 is 2.57 bits per heavy atom. The van der Waals surface area contributed by atoms with Crippen LogP contribution in [-0.4, -0.2) is 43.6 Å². The molecule has 4 nitrogen and oxygen atoms in total. The van der Waals surface area contributed by atoms with Crippen LogP contribution in [-0.2, 0) is 4.74 Å². The topological polar surface area (TPSA) is 67.5 Å². The van der Waals surface area contributed by atoms with E-state index in [-0.39, 0.29) is 12.1 Å². The molecule has 0 aromatic carbocycles. The summed E-state index contributed by atoms with van der Waals surface area (Å²) < 4.78 is 5.12. The van der Waals surface area contributed by atoms with Crippen LogP contribution in [0.4, 0.5) is 0 Å². The van der Waals surface area contributed by atoms with E-state index in [1.54, 1.807) is 7.11 Å². The molecule has 0 aromatic heterocycles. The molecule has 0 aliphatic rings. The molecule has 0 aromatic rings. The number of methoxy groups -OCH3 is 1. The van der Waals surface area contributed by atoms with Crippen LogP contribution in [0.25, 0.3) is 0 Å². The molecular formula is C10H24N2O2. The molecular weight excluding hydrogens is 180 g/mol. The molecule has 0 aliphatic carbocycles. The molecule has 2 unspecified atom stereocenters. The van der Waals surface area contributed by atoms with E-state index in [1.165, 1.54) is 0 Å². The Hall–Kier alpha value is -0.160. The zero-order valence-electron chi connectivity index (χ0n) is 9.55. The van der Waals surface area contributed by atoms with Crippen molar-refractivity contribution in [3.8, 4) is 0 Å². The van der Waals surface area contributed by atoms with Gasteiger partial charge in [0.2, 0.25) is 0 Å². The van der Waals surface area contributed by atoms with Gasteiger partial charge in [0.25, 0.3) is 0 Å². The first-order valence-corrected chi connectivity index (χ1v) is 5.19. The highest BCUT2D eigenvalue weighted by molar-refractivity contribution is 4.87. The smallest absolute Gasteiger partial charge is 0.0654 e. The van der Waals surface area contributed by atoms with Gasteiger partial charge in [0.1, 0.15) is 0 Å². The lowest BCUT2D eigenvalue weighted by Crippen LogP contribution is -2.56. The second-order valence-corrected chi connectivity index (χ2v) is 3.96. The van der Waals surface area contributed by atoms with Gasteiger partial charge in [0.05, 0.1) is 12.1 Å². The van der Waals surface area contributed by atoms with Gasteiger partial charge in [0.15, 0.2) is 0 Å². The van der Waals surface area contributed by atoms with Crippen LogP contribution >= 0.6 is 0 Å². The van der Waals surface area contributed by atoms with Gasteiger partial charge < -0.3 is 20.9 Å². The van der Waals surface area contributed by atoms with Gasteiger partial charge in [0, 0.05) is 26.3 Å². The largest absolute Gasteiger partial charge is 0.396 e. The first kappa shape index (κ1) is 13.8. The minimum absolute atomic E-state index is 0.190. The summed E-state index contributed by atoms with van der Waals surface area (Å²) in [5.41, 5.74) is 5.50. The first-order chi connectivity index (χ1) is 6.61. The van der Waals surface area contributed by atoms with Crippen molar-refractivity contribution in [1.82, 2.24) is 5.32 Å². The molecule has 4 N–H and O–H groups in total. The molecule has 0 bridgehead atoms. The first-order valence-electron chi connectivity index (χ1n) is 5.19. The fraction of sp³-hybridized carbons (Fsp3) is 1.00. The fourth-order valence-electron chi connectivity index (χ4n) is 1.51. The van der Waals surface area contributed by atoms with Gasteiger partial charge in [-0.1, -0.05) is 6.92 Å². The van der Waals surface area contributed by atoms with Crippen molar-refractivity contribution >= 4 is 0 Å². The summed E-state index contributed by atoms with van der Waals surface area (Å²) in [6, 6.07) is 0.309. The Labute approximate surface area is 86.8 Å². The van der Waals surface area contributed by atoms with Crippen LogP contribution in [0.1, 0.15) is 26.7 Å². The molecule has 0 amide bonds. The van der Waals surface area contributed by atoms with Gasteiger partial charge in [-0.15, -0.1) is 0 Å². The van der Waals surface area contributed by atoms with E-state index in [1.807, 2.05) is 6.92 Å². The van der Waals surface area contributed by atoms with Crippen LogP contribution in [0.3, 0.4) is 0 Å². The molecule has 0 rings (SSSR count). The second-order valence-electron chi connectivity index (χ2n) is 3.96. The number of rotatable bonds is 8. The summed E-state index contributed by atoms with van der Waals surface area (Å²) in [7, 11) is 1.67. The molecule has 0 fully saturated rings. The second kappa shape index (κ2) is 7.17. The molecule has 4 heteroatoms. The highest BCUT2D eigenvalue weighted by Crippen LogP contribution is 2.07. The Balaban J connectivity index is 4.11. The van der Waals surface area contributed by atoms with Crippen LogP contribution in [0.2, 0.25) is 0 Å². The lowest BCUT2D eigenvalue weighted by atomic mass is 10.0. The van der Waals surface area contributed by atoms with Crippen molar-refractivity contribution < 1.29 is 9.84 Å².